The van der Waals surface area contributed by atoms with Crippen LogP contribution < -0.4 is 20.5 Å². The molecule has 1 heterocycles. The van der Waals surface area contributed by atoms with Gasteiger partial charge in [0.05, 0.1) is 10.8 Å². The Morgan fingerprint density at radius 1 is 1.35 bits per heavy atom. The second kappa shape index (κ2) is 6.02. The fourth-order valence-electron chi connectivity index (χ4n) is 3.55. The summed E-state index contributed by atoms with van der Waals surface area (Å²) < 4.78 is 40.6. The van der Waals surface area contributed by atoms with Crippen molar-refractivity contribution in [3.05, 3.63) is 23.8 Å². The molecule has 0 radical (unpaired) electrons. The molecule has 0 spiro atoms. The van der Waals surface area contributed by atoms with Gasteiger partial charge in [0.25, 0.3) is 0 Å². The summed E-state index contributed by atoms with van der Waals surface area (Å²) in [6, 6.07) is 5.23. The number of hydrogen-bond donors (Lipinski definition) is 2. The van der Waals surface area contributed by atoms with Crippen LogP contribution in [0.2, 0.25) is 0 Å². The zero-order chi connectivity index (χ0) is 19.3. The van der Waals surface area contributed by atoms with E-state index in [1.807, 2.05) is 0 Å². The number of hydrogen-bond acceptors (Lipinski definition) is 7. The molecule has 144 valence electrons. The summed E-state index contributed by atoms with van der Waals surface area (Å²) in [5.41, 5.74) is 4.81. The average Bonchev–Trinajstić information content (AvgIpc) is 2.93. The zero-order valence-electron chi connectivity index (χ0n) is 15.2. The first-order chi connectivity index (χ1) is 12.0. The molecule has 26 heavy (non-hydrogen) atoms. The number of carbonyl (C=O) groups excluding carboxylic acids is 1. The van der Waals surface area contributed by atoms with E-state index < -0.39 is 38.2 Å². The van der Waals surface area contributed by atoms with Crippen LogP contribution >= 0.6 is 0 Å². The average molecular weight is 384 g/mol. The van der Waals surface area contributed by atoms with Gasteiger partial charge in [-0.2, -0.15) is 0 Å². The Bertz CT molecular complexity index is 832. The number of fused-ring (bicyclic) bond motifs is 1. The molecule has 0 aromatic heterocycles. The SMILES string of the molecule is CC(C)(C)OC(=O)N[C@]1(CN)[C@@H](c2ccc3c(c2)OCO3)[C@@H]1S(C)(=O)=O. The summed E-state index contributed by atoms with van der Waals surface area (Å²) in [6.45, 7) is 5.29. The first-order valence-corrected chi connectivity index (χ1v) is 10.2. The van der Waals surface area contributed by atoms with Gasteiger partial charge in [0, 0.05) is 18.7 Å². The summed E-state index contributed by atoms with van der Waals surface area (Å²) in [5, 5.41) is 1.87. The molecule has 8 nitrogen and oxygen atoms in total. The van der Waals surface area contributed by atoms with Crippen molar-refractivity contribution in [3.8, 4) is 11.5 Å². The molecule has 3 rings (SSSR count). The topological polar surface area (TPSA) is 117 Å². The number of rotatable bonds is 4. The van der Waals surface area contributed by atoms with Crippen molar-refractivity contribution in [1.29, 1.82) is 0 Å². The fourth-order valence-corrected chi connectivity index (χ4v) is 5.43. The zero-order valence-corrected chi connectivity index (χ0v) is 16.1. The van der Waals surface area contributed by atoms with Crippen molar-refractivity contribution < 1.29 is 27.4 Å². The molecule has 1 saturated carbocycles. The minimum absolute atomic E-state index is 0.0386. The van der Waals surface area contributed by atoms with Crippen molar-refractivity contribution in [3.63, 3.8) is 0 Å². The first kappa shape index (κ1) is 18.8. The van der Waals surface area contributed by atoms with Crippen molar-refractivity contribution in [2.75, 3.05) is 19.6 Å². The van der Waals surface area contributed by atoms with Crippen molar-refractivity contribution in [2.45, 2.75) is 43.1 Å². The lowest BCUT2D eigenvalue weighted by molar-refractivity contribution is 0.0497. The van der Waals surface area contributed by atoms with E-state index in [2.05, 4.69) is 5.32 Å². The van der Waals surface area contributed by atoms with Crippen LogP contribution in [0.15, 0.2) is 18.2 Å². The Morgan fingerprint density at radius 3 is 2.58 bits per heavy atom. The quantitative estimate of drug-likeness (QED) is 0.799. The summed E-state index contributed by atoms with van der Waals surface area (Å²) >= 11 is 0. The molecule has 1 aliphatic heterocycles. The Labute approximate surface area is 152 Å². The van der Waals surface area contributed by atoms with Gasteiger partial charge in [-0.05, 0) is 38.5 Å². The standard InChI is InChI=1S/C17H24N2O6S/c1-16(2,3)25-15(20)19-17(8-18)13(14(17)26(4,21)22)10-5-6-11-12(7-10)24-9-23-11/h5-7,13-14H,8-9,18H2,1-4H3,(H,19,20)/t13-,14-,17+/m0/s1. The van der Waals surface area contributed by atoms with Crippen LogP contribution in [-0.4, -0.2) is 50.5 Å². The molecular formula is C17H24N2O6S. The number of sulfone groups is 1. The molecule has 1 aliphatic carbocycles. The Kier molecular flexibility index (Phi) is 4.35. The highest BCUT2D eigenvalue weighted by atomic mass is 32.2. The molecule has 1 aromatic rings. The third kappa shape index (κ3) is 3.33. The molecule has 1 fully saturated rings. The minimum Gasteiger partial charge on any atom is -0.454 e. The number of carbonyl (C=O) groups is 1. The predicted molar refractivity (Wildman–Crippen MR) is 95.1 cm³/mol. The number of amides is 1. The Hall–Kier alpha value is -2.00. The molecule has 1 aromatic carbocycles. The highest BCUT2D eigenvalue weighted by Gasteiger charge is 2.70. The van der Waals surface area contributed by atoms with E-state index in [0.29, 0.717) is 17.1 Å². The third-order valence-electron chi connectivity index (χ3n) is 4.54. The largest absolute Gasteiger partial charge is 0.454 e. The molecule has 3 atom stereocenters. The molecular weight excluding hydrogens is 360 g/mol. The number of nitrogens with two attached hydrogens (primary N) is 1. The molecule has 2 aliphatic rings. The monoisotopic (exact) mass is 384 g/mol. The van der Waals surface area contributed by atoms with Gasteiger partial charge in [0.15, 0.2) is 21.3 Å². The van der Waals surface area contributed by atoms with Crippen molar-refractivity contribution in [2.24, 2.45) is 5.73 Å². The summed E-state index contributed by atoms with van der Waals surface area (Å²) in [7, 11) is -3.47. The van der Waals surface area contributed by atoms with E-state index in [-0.39, 0.29) is 13.3 Å². The van der Waals surface area contributed by atoms with Gasteiger partial charge >= 0.3 is 6.09 Å². The molecule has 0 unspecified atom stereocenters. The van der Waals surface area contributed by atoms with Gasteiger partial charge in [0.2, 0.25) is 6.79 Å². The second-order valence-electron chi connectivity index (χ2n) is 7.71. The summed E-state index contributed by atoms with van der Waals surface area (Å²) in [5.74, 6) is 0.651. The maximum Gasteiger partial charge on any atom is 0.408 e. The summed E-state index contributed by atoms with van der Waals surface area (Å²) in [6.07, 6.45) is 0.450. The Balaban J connectivity index is 1.93. The van der Waals surface area contributed by atoms with Crippen LogP contribution in [0.5, 0.6) is 11.5 Å². The molecule has 1 amide bonds. The van der Waals surface area contributed by atoms with Gasteiger partial charge in [-0.25, -0.2) is 13.2 Å². The van der Waals surface area contributed by atoms with E-state index >= 15 is 0 Å². The maximum atomic E-state index is 12.3. The maximum absolute atomic E-state index is 12.3. The number of ether oxygens (including phenoxy) is 3. The Morgan fingerprint density at radius 2 is 2.00 bits per heavy atom. The number of alkyl carbamates (subject to hydrolysis) is 1. The fraction of sp³-hybridized carbons (Fsp3) is 0.588. The minimum atomic E-state index is -3.47. The van der Waals surface area contributed by atoms with E-state index in [4.69, 9.17) is 19.9 Å². The van der Waals surface area contributed by atoms with Crippen LogP contribution in [0.4, 0.5) is 4.79 Å². The lowest BCUT2D eigenvalue weighted by Crippen LogP contribution is -2.48. The highest BCUT2D eigenvalue weighted by Crippen LogP contribution is 2.56. The molecule has 0 saturated heterocycles. The van der Waals surface area contributed by atoms with E-state index in [1.54, 1.807) is 39.0 Å². The number of nitrogens with one attached hydrogen (secondary N) is 1. The van der Waals surface area contributed by atoms with Crippen molar-refractivity contribution in [1.82, 2.24) is 5.32 Å². The van der Waals surface area contributed by atoms with Gasteiger partial charge < -0.3 is 25.3 Å². The van der Waals surface area contributed by atoms with Crippen molar-refractivity contribution >= 4 is 15.9 Å². The normalized spacial score (nSPS) is 27.1. The predicted octanol–water partition coefficient (Wildman–Crippen LogP) is 1.15. The van der Waals surface area contributed by atoms with Crippen LogP contribution in [0.1, 0.15) is 32.3 Å². The van der Waals surface area contributed by atoms with E-state index in [0.717, 1.165) is 6.26 Å². The summed E-state index contributed by atoms with van der Waals surface area (Å²) in [4.78, 5) is 12.3. The third-order valence-corrected chi connectivity index (χ3v) is 6.16. The highest BCUT2D eigenvalue weighted by molar-refractivity contribution is 7.91. The van der Waals surface area contributed by atoms with Crippen LogP contribution in [0.25, 0.3) is 0 Å². The molecule has 0 bridgehead atoms. The smallest absolute Gasteiger partial charge is 0.408 e. The van der Waals surface area contributed by atoms with Crippen LogP contribution in [0, 0.1) is 0 Å². The molecule has 3 N–H and O–H groups in total. The van der Waals surface area contributed by atoms with Gasteiger partial charge in [-0.3, -0.25) is 0 Å². The van der Waals surface area contributed by atoms with Gasteiger partial charge in [-0.1, -0.05) is 6.07 Å². The van der Waals surface area contributed by atoms with E-state index in [1.165, 1.54) is 0 Å². The number of benzene rings is 1. The van der Waals surface area contributed by atoms with E-state index in [9.17, 15) is 13.2 Å². The lowest BCUT2D eigenvalue weighted by Gasteiger charge is -2.24. The van der Waals surface area contributed by atoms with Gasteiger partial charge in [-0.15, -0.1) is 0 Å². The molecule has 9 heteroatoms. The van der Waals surface area contributed by atoms with Crippen LogP contribution in [0.3, 0.4) is 0 Å². The second-order valence-corrected chi connectivity index (χ2v) is 9.88. The lowest BCUT2D eigenvalue weighted by atomic mass is 10.1. The van der Waals surface area contributed by atoms with Gasteiger partial charge in [0.1, 0.15) is 5.60 Å². The van der Waals surface area contributed by atoms with Crippen LogP contribution in [-0.2, 0) is 14.6 Å². The first-order valence-electron chi connectivity index (χ1n) is 8.27.